The number of benzene rings is 1. The third kappa shape index (κ3) is 4.07. The first-order valence-electron chi connectivity index (χ1n) is 9.87. The van der Waals surface area contributed by atoms with Crippen molar-refractivity contribution in [2.75, 3.05) is 51.0 Å². The maximum atomic E-state index is 6.00. The number of nitrogens with zero attached hydrogens (tertiary/aromatic N) is 2. The highest BCUT2D eigenvalue weighted by Crippen LogP contribution is 2.42. The predicted octanol–water partition coefficient (Wildman–Crippen LogP) is 4.06. The third-order valence-corrected chi connectivity index (χ3v) is 5.14. The zero-order valence-corrected chi connectivity index (χ0v) is 16.8. The lowest BCUT2D eigenvalue weighted by atomic mass is 9.98. The van der Waals surface area contributed by atoms with Gasteiger partial charge in [0.15, 0.2) is 11.5 Å². The van der Waals surface area contributed by atoms with E-state index in [-0.39, 0.29) is 0 Å². The molecule has 0 amide bonds. The first kappa shape index (κ1) is 18.6. The minimum Gasteiger partial charge on any atom is -0.486 e. The Bertz CT molecular complexity index is 894. The van der Waals surface area contributed by atoms with Crippen LogP contribution in [0.2, 0.25) is 0 Å². The van der Waals surface area contributed by atoms with E-state index in [1.807, 2.05) is 32.2 Å². The monoisotopic (exact) mass is 380 g/mol. The molecule has 6 nitrogen and oxygen atoms in total. The molecule has 0 spiro atoms. The summed E-state index contributed by atoms with van der Waals surface area (Å²) in [6.07, 6.45) is 4.49. The fourth-order valence-electron chi connectivity index (χ4n) is 3.73. The molecular formula is C22H28N4O2. The Morgan fingerprint density at radius 3 is 2.79 bits per heavy atom. The number of ether oxygens (including phenoxy) is 2. The summed E-state index contributed by atoms with van der Waals surface area (Å²) in [6.45, 7) is 5.22. The van der Waals surface area contributed by atoms with Gasteiger partial charge in [0.25, 0.3) is 0 Å². The molecule has 2 aliphatic rings. The van der Waals surface area contributed by atoms with Crippen LogP contribution in [0.25, 0.3) is 5.57 Å². The zero-order chi connectivity index (χ0) is 19.5. The van der Waals surface area contributed by atoms with E-state index in [2.05, 4.69) is 39.7 Å². The van der Waals surface area contributed by atoms with Crippen molar-refractivity contribution in [3.05, 3.63) is 41.6 Å². The quantitative estimate of drug-likeness (QED) is 0.834. The van der Waals surface area contributed by atoms with E-state index in [0.29, 0.717) is 13.2 Å². The van der Waals surface area contributed by atoms with Gasteiger partial charge >= 0.3 is 0 Å². The maximum Gasteiger partial charge on any atom is 0.168 e. The molecule has 6 heteroatoms. The van der Waals surface area contributed by atoms with Crippen molar-refractivity contribution in [3.8, 4) is 11.5 Å². The molecule has 148 valence electrons. The van der Waals surface area contributed by atoms with Gasteiger partial charge in [-0.3, -0.25) is 0 Å². The number of pyridine rings is 1. The third-order valence-electron chi connectivity index (χ3n) is 5.14. The summed E-state index contributed by atoms with van der Waals surface area (Å²) in [6, 6.07) is 8.19. The number of nitrogens with one attached hydrogen (secondary N) is 2. The van der Waals surface area contributed by atoms with Crippen molar-refractivity contribution in [3.63, 3.8) is 0 Å². The molecule has 4 rings (SSSR count). The standard InChI is InChI=1S/C22H28N4O2/c1-15-11-17(23-2)14-21(24-15)25-18-12-19(16-5-4-7-26(3)8-6-16)22-20(13-18)27-9-10-28-22/h6,11-14H,4-5,7-10H2,1-3H3,(H2,23,24,25). The van der Waals surface area contributed by atoms with Crippen LogP contribution in [0.5, 0.6) is 11.5 Å². The van der Waals surface area contributed by atoms with Crippen LogP contribution in [0.15, 0.2) is 30.3 Å². The van der Waals surface area contributed by atoms with Gasteiger partial charge in [0.1, 0.15) is 19.0 Å². The van der Waals surface area contributed by atoms with E-state index >= 15 is 0 Å². The van der Waals surface area contributed by atoms with Crippen LogP contribution >= 0.6 is 0 Å². The van der Waals surface area contributed by atoms with Gasteiger partial charge in [-0.05, 0) is 51.1 Å². The van der Waals surface area contributed by atoms with Crippen LogP contribution in [0.1, 0.15) is 24.1 Å². The van der Waals surface area contributed by atoms with Crippen molar-refractivity contribution >= 4 is 22.8 Å². The molecule has 2 aliphatic heterocycles. The summed E-state index contributed by atoms with van der Waals surface area (Å²) in [4.78, 5) is 6.95. The second kappa shape index (κ2) is 8.10. The van der Waals surface area contributed by atoms with E-state index in [0.717, 1.165) is 65.9 Å². The Morgan fingerprint density at radius 1 is 1.07 bits per heavy atom. The van der Waals surface area contributed by atoms with Crippen LogP contribution in [0.3, 0.4) is 0 Å². The Hall–Kier alpha value is -2.73. The van der Waals surface area contributed by atoms with Crippen LogP contribution in [-0.4, -0.2) is 50.3 Å². The summed E-state index contributed by atoms with van der Waals surface area (Å²) in [5.74, 6) is 2.47. The highest BCUT2D eigenvalue weighted by molar-refractivity contribution is 5.78. The number of aryl methyl sites for hydroxylation is 1. The van der Waals surface area contributed by atoms with Gasteiger partial charge in [0.2, 0.25) is 0 Å². The summed E-state index contributed by atoms with van der Waals surface area (Å²) >= 11 is 0. The lowest BCUT2D eigenvalue weighted by molar-refractivity contribution is 0.171. The smallest absolute Gasteiger partial charge is 0.168 e. The molecule has 0 saturated carbocycles. The van der Waals surface area contributed by atoms with Crippen LogP contribution in [0.4, 0.5) is 17.2 Å². The zero-order valence-electron chi connectivity index (χ0n) is 16.8. The van der Waals surface area contributed by atoms with Crippen molar-refractivity contribution in [1.29, 1.82) is 0 Å². The number of hydrogen-bond donors (Lipinski definition) is 2. The van der Waals surface area contributed by atoms with Gasteiger partial charge in [0.05, 0.1) is 0 Å². The van der Waals surface area contributed by atoms with E-state index in [9.17, 15) is 0 Å². The first-order chi connectivity index (χ1) is 13.6. The molecule has 28 heavy (non-hydrogen) atoms. The highest BCUT2D eigenvalue weighted by atomic mass is 16.6. The lowest BCUT2D eigenvalue weighted by Gasteiger charge is -2.23. The summed E-state index contributed by atoms with van der Waals surface area (Å²) in [7, 11) is 4.07. The summed E-state index contributed by atoms with van der Waals surface area (Å²) in [5, 5.41) is 6.63. The fourth-order valence-corrected chi connectivity index (χ4v) is 3.73. The van der Waals surface area contributed by atoms with Crippen molar-refractivity contribution in [2.24, 2.45) is 0 Å². The SMILES string of the molecule is CNc1cc(C)nc(Nc2cc3c(c(C4=CCN(C)CCC4)c2)OCCO3)c1. The van der Waals surface area contributed by atoms with E-state index in [1.54, 1.807) is 0 Å². The molecule has 0 aliphatic carbocycles. The maximum absolute atomic E-state index is 6.00. The largest absolute Gasteiger partial charge is 0.486 e. The molecule has 0 unspecified atom stereocenters. The molecule has 0 atom stereocenters. The average Bonchev–Trinajstić information content (AvgIpc) is 2.91. The number of aromatic nitrogens is 1. The van der Waals surface area contributed by atoms with Gasteiger partial charge in [-0.2, -0.15) is 0 Å². The van der Waals surface area contributed by atoms with Crippen molar-refractivity contribution in [2.45, 2.75) is 19.8 Å². The lowest BCUT2D eigenvalue weighted by Crippen LogP contribution is -2.17. The molecule has 0 saturated heterocycles. The highest BCUT2D eigenvalue weighted by Gasteiger charge is 2.21. The van der Waals surface area contributed by atoms with Crippen LogP contribution in [-0.2, 0) is 0 Å². The Labute approximate surface area is 166 Å². The Morgan fingerprint density at radius 2 is 1.93 bits per heavy atom. The Kier molecular flexibility index (Phi) is 5.39. The van der Waals surface area contributed by atoms with Crippen molar-refractivity contribution in [1.82, 2.24) is 9.88 Å². The molecule has 0 radical (unpaired) electrons. The minimum absolute atomic E-state index is 0.574. The van der Waals surface area contributed by atoms with Crippen LogP contribution < -0.4 is 20.1 Å². The van der Waals surface area contributed by atoms with Crippen molar-refractivity contribution < 1.29 is 9.47 Å². The number of rotatable bonds is 4. The molecule has 0 bridgehead atoms. The van der Waals surface area contributed by atoms with E-state index < -0.39 is 0 Å². The second-order valence-corrected chi connectivity index (χ2v) is 7.40. The molecule has 2 aromatic rings. The van der Waals surface area contributed by atoms with Gasteiger partial charge in [0, 0.05) is 48.4 Å². The normalized spacial score (nSPS) is 16.9. The topological polar surface area (TPSA) is 58.7 Å². The van der Waals surface area contributed by atoms with Gasteiger partial charge in [-0.25, -0.2) is 4.98 Å². The van der Waals surface area contributed by atoms with Gasteiger partial charge < -0.3 is 25.0 Å². The number of fused-ring (bicyclic) bond motifs is 1. The first-order valence-corrected chi connectivity index (χ1v) is 9.87. The molecule has 0 fully saturated rings. The summed E-state index contributed by atoms with van der Waals surface area (Å²) in [5.41, 5.74) is 5.39. The molecule has 2 N–H and O–H groups in total. The van der Waals surface area contributed by atoms with Gasteiger partial charge in [-0.1, -0.05) is 6.08 Å². The molecule has 1 aromatic carbocycles. The minimum atomic E-state index is 0.574. The predicted molar refractivity (Wildman–Crippen MR) is 114 cm³/mol. The number of anilines is 3. The molecule has 3 heterocycles. The number of allylic oxidation sites excluding steroid dienone is 1. The van der Waals surface area contributed by atoms with Gasteiger partial charge in [-0.15, -0.1) is 0 Å². The number of likely N-dealkylation sites (N-methyl/N-ethyl adjacent to an activating group) is 1. The van der Waals surface area contributed by atoms with E-state index in [4.69, 9.17) is 9.47 Å². The molecule has 1 aromatic heterocycles. The van der Waals surface area contributed by atoms with Crippen LogP contribution in [0, 0.1) is 6.92 Å². The molecular weight excluding hydrogens is 352 g/mol. The van der Waals surface area contributed by atoms with E-state index in [1.165, 1.54) is 5.57 Å². The fraction of sp³-hybridized carbons (Fsp3) is 0.409. The number of hydrogen-bond acceptors (Lipinski definition) is 6. The second-order valence-electron chi connectivity index (χ2n) is 7.40. The Balaban J connectivity index is 1.72. The summed E-state index contributed by atoms with van der Waals surface area (Å²) < 4.78 is 11.9. The average molecular weight is 380 g/mol.